The first-order valence-corrected chi connectivity index (χ1v) is 11.2. The van der Waals surface area contributed by atoms with Crippen molar-refractivity contribution in [2.45, 2.75) is 51.6 Å². The van der Waals surface area contributed by atoms with Crippen molar-refractivity contribution in [2.75, 3.05) is 23.3 Å². The van der Waals surface area contributed by atoms with Gasteiger partial charge in [0.1, 0.15) is 5.82 Å². The van der Waals surface area contributed by atoms with Gasteiger partial charge in [-0.2, -0.15) is 5.10 Å². The molecule has 2 fully saturated rings. The van der Waals surface area contributed by atoms with Crippen LogP contribution in [-0.2, 0) is 11.3 Å². The first-order chi connectivity index (χ1) is 15.1. The van der Waals surface area contributed by atoms with E-state index in [4.69, 9.17) is 0 Å². The van der Waals surface area contributed by atoms with Crippen LogP contribution in [0.2, 0.25) is 0 Å². The molecule has 8 nitrogen and oxygen atoms in total. The Hall–Kier alpha value is -3.16. The molecule has 1 saturated carbocycles. The van der Waals surface area contributed by atoms with Gasteiger partial charge in [-0.3, -0.25) is 9.59 Å². The molecule has 2 aromatic heterocycles. The number of para-hydroxylation sites is 2. The highest BCUT2D eigenvalue weighted by atomic mass is 16.2. The number of anilines is 2. The molecule has 1 saturated heterocycles. The number of aromatic nitrogens is 4. The standard InChI is InChI=1S/C23H28N6O2/c1-16(17-8-9-17)29-20(10-12-24-29)26-21(30)11-15-28-19-7-3-2-6-18(19)25-22(23(28)31)27-13-4-5-14-27/h2-3,6-7,10,12,16-17H,4-5,8-9,11,13-15H2,1H3,(H,26,30). The number of rotatable bonds is 7. The number of carbonyl (C=O) groups is 1. The van der Waals surface area contributed by atoms with E-state index in [-0.39, 0.29) is 23.9 Å². The van der Waals surface area contributed by atoms with Gasteiger partial charge in [0.05, 0.1) is 23.3 Å². The van der Waals surface area contributed by atoms with Gasteiger partial charge < -0.3 is 14.8 Å². The van der Waals surface area contributed by atoms with Crippen LogP contribution in [0, 0.1) is 5.92 Å². The summed E-state index contributed by atoms with van der Waals surface area (Å²) < 4.78 is 3.59. The average molecular weight is 421 g/mol. The summed E-state index contributed by atoms with van der Waals surface area (Å²) in [4.78, 5) is 32.7. The van der Waals surface area contributed by atoms with E-state index in [1.54, 1.807) is 10.8 Å². The molecule has 1 N–H and O–H groups in total. The number of fused-ring (bicyclic) bond motifs is 1. The number of aryl methyl sites for hydroxylation is 1. The molecule has 3 heterocycles. The van der Waals surface area contributed by atoms with Crippen molar-refractivity contribution in [3.63, 3.8) is 0 Å². The Morgan fingerprint density at radius 2 is 1.97 bits per heavy atom. The average Bonchev–Trinajstić information content (AvgIpc) is 3.28. The molecule has 3 aromatic rings. The van der Waals surface area contributed by atoms with Crippen molar-refractivity contribution in [1.29, 1.82) is 0 Å². The molecule has 1 amide bonds. The Kier molecular flexibility index (Phi) is 5.21. The molecule has 162 valence electrons. The third kappa shape index (κ3) is 3.94. The third-order valence-corrected chi connectivity index (χ3v) is 6.43. The Morgan fingerprint density at radius 1 is 1.19 bits per heavy atom. The van der Waals surface area contributed by atoms with E-state index in [1.165, 1.54) is 12.8 Å². The largest absolute Gasteiger partial charge is 0.352 e. The van der Waals surface area contributed by atoms with Gasteiger partial charge in [-0.1, -0.05) is 12.1 Å². The molecule has 8 heteroatoms. The molecular formula is C23H28N6O2. The SMILES string of the molecule is CC(C1CC1)n1nccc1NC(=O)CCn1c(=O)c(N2CCCC2)nc2ccccc21. The number of amides is 1. The Balaban J connectivity index is 1.36. The monoisotopic (exact) mass is 420 g/mol. The lowest BCUT2D eigenvalue weighted by Crippen LogP contribution is -2.32. The zero-order valence-electron chi connectivity index (χ0n) is 17.8. The number of nitrogens with one attached hydrogen (secondary N) is 1. The fourth-order valence-electron chi connectivity index (χ4n) is 4.47. The summed E-state index contributed by atoms with van der Waals surface area (Å²) in [5.41, 5.74) is 1.41. The number of benzene rings is 1. The summed E-state index contributed by atoms with van der Waals surface area (Å²) in [5.74, 6) is 1.73. The predicted octanol–water partition coefficient (Wildman–Crippen LogP) is 3.19. The zero-order chi connectivity index (χ0) is 21.4. The molecule has 2 aliphatic rings. The fourth-order valence-corrected chi connectivity index (χ4v) is 4.47. The van der Waals surface area contributed by atoms with Crippen molar-refractivity contribution in [3.8, 4) is 0 Å². The topological polar surface area (TPSA) is 85.0 Å². The maximum Gasteiger partial charge on any atom is 0.294 e. The van der Waals surface area contributed by atoms with E-state index < -0.39 is 0 Å². The molecule has 1 aliphatic heterocycles. The summed E-state index contributed by atoms with van der Waals surface area (Å²) in [6.07, 6.45) is 6.50. The van der Waals surface area contributed by atoms with Gasteiger partial charge in [-0.25, -0.2) is 9.67 Å². The third-order valence-electron chi connectivity index (χ3n) is 6.43. The van der Waals surface area contributed by atoms with E-state index in [0.29, 0.717) is 24.1 Å². The van der Waals surface area contributed by atoms with Crippen LogP contribution in [0.1, 0.15) is 45.1 Å². The summed E-state index contributed by atoms with van der Waals surface area (Å²) in [6, 6.07) is 9.74. The first kappa shape index (κ1) is 19.8. The molecular weight excluding hydrogens is 392 g/mol. The van der Waals surface area contributed by atoms with Crippen molar-refractivity contribution >= 4 is 28.6 Å². The second-order valence-electron chi connectivity index (χ2n) is 8.61. The van der Waals surface area contributed by atoms with Crippen LogP contribution in [0.3, 0.4) is 0 Å². The minimum atomic E-state index is -0.125. The number of nitrogens with zero attached hydrogens (tertiary/aromatic N) is 5. The molecule has 31 heavy (non-hydrogen) atoms. The van der Waals surface area contributed by atoms with Crippen molar-refractivity contribution in [3.05, 3.63) is 46.9 Å². The van der Waals surface area contributed by atoms with Crippen LogP contribution in [0.4, 0.5) is 11.6 Å². The summed E-state index contributed by atoms with van der Waals surface area (Å²) in [5, 5.41) is 7.37. The molecule has 5 rings (SSSR count). The second-order valence-corrected chi connectivity index (χ2v) is 8.61. The van der Waals surface area contributed by atoms with Crippen LogP contribution in [0.15, 0.2) is 41.3 Å². The van der Waals surface area contributed by atoms with Crippen LogP contribution in [-0.4, -0.2) is 38.3 Å². The number of carbonyl (C=O) groups excluding carboxylic acids is 1. The zero-order valence-corrected chi connectivity index (χ0v) is 17.8. The molecule has 1 aromatic carbocycles. The van der Waals surface area contributed by atoms with Crippen LogP contribution >= 0.6 is 0 Å². The van der Waals surface area contributed by atoms with Crippen molar-refractivity contribution in [1.82, 2.24) is 19.3 Å². The highest BCUT2D eigenvalue weighted by Crippen LogP contribution is 2.40. The van der Waals surface area contributed by atoms with E-state index >= 15 is 0 Å². The van der Waals surface area contributed by atoms with Crippen LogP contribution in [0.5, 0.6) is 0 Å². The smallest absolute Gasteiger partial charge is 0.294 e. The highest BCUT2D eigenvalue weighted by molar-refractivity contribution is 5.90. The molecule has 0 bridgehead atoms. The Bertz CT molecular complexity index is 1160. The van der Waals surface area contributed by atoms with Gasteiger partial charge in [0, 0.05) is 32.1 Å². The normalized spacial score (nSPS) is 17.3. The van der Waals surface area contributed by atoms with Gasteiger partial charge in [0.2, 0.25) is 5.91 Å². The van der Waals surface area contributed by atoms with E-state index in [9.17, 15) is 9.59 Å². The maximum absolute atomic E-state index is 13.2. The van der Waals surface area contributed by atoms with E-state index in [1.807, 2.05) is 35.0 Å². The van der Waals surface area contributed by atoms with Crippen LogP contribution < -0.4 is 15.8 Å². The van der Waals surface area contributed by atoms with Crippen molar-refractivity contribution < 1.29 is 4.79 Å². The van der Waals surface area contributed by atoms with Gasteiger partial charge >= 0.3 is 0 Å². The van der Waals surface area contributed by atoms with Gasteiger partial charge in [0.25, 0.3) is 5.56 Å². The Labute approximate surface area is 180 Å². The predicted molar refractivity (Wildman–Crippen MR) is 120 cm³/mol. The lowest BCUT2D eigenvalue weighted by molar-refractivity contribution is -0.116. The van der Waals surface area contributed by atoms with Crippen LogP contribution in [0.25, 0.3) is 11.0 Å². The molecule has 1 atom stereocenters. The van der Waals surface area contributed by atoms with Gasteiger partial charge in [-0.15, -0.1) is 0 Å². The minimum Gasteiger partial charge on any atom is -0.352 e. The maximum atomic E-state index is 13.2. The number of hydrogen-bond donors (Lipinski definition) is 1. The number of hydrogen-bond acceptors (Lipinski definition) is 5. The summed E-state index contributed by atoms with van der Waals surface area (Å²) >= 11 is 0. The van der Waals surface area contributed by atoms with Crippen molar-refractivity contribution in [2.24, 2.45) is 5.92 Å². The molecule has 1 aliphatic carbocycles. The summed E-state index contributed by atoms with van der Waals surface area (Å²) in [6.45, 7) is 4.15. The fraction of sp³-hybridized carbons (Fsp3) is 0.478. The highest BCUT2D eigenvalue weighted by Gasteiger charge is 2.30. The quantitative estimate of drug-likeness (QED) is 0.635. The lowest BCUT2D eigenvalue weighted by Gasteiger charge is -2.19. The lowest BCUT2D eigenvalue weighted by atomic mass is 10.2. The second kappa shape index (κ2) is 8.17. The molecule has 1 unspecified atom stereocenters. The van der Waals surface area contributed by atoms with E-state index in [0.717, 1.165) is 37.0 Å². The van der Waals surface area contributed by atoms with E-state index in [2.05, 4.69) is 27.2 Å². The molecule has 0 spiro atoms. The summed E-state index contributed by atoms with van der Waals surface area (Å²) in [7, 11) is 0. The molecule has 0 radical (unpaired) electrons. The van der Waals surface area contributed by atoms with Gasteiger partial charge in [-0.05, 0) is 50.7 Å². The van der Waals surface area contributed by atoms with Gasteiger partial charge in [0.15, 0.2) is 5.82 Å². The Morgan fingerprint density at radius 3 is 2.74 bits per heavy atom. The first-order valence-electron chi connectivity index (χ1n) is 11.2. The minimum absolute atomic E-state index is 0.124.